The van der Waals surface area contributed by atoms with Crippen molar-refractivity contribution in [3.63, 3.8) is 0 Å². The van der Waals surface area contributed by atoms with Gasteiger partial charge in [0.05, 0.1) is 0 Å². The van der Waals surface area contributed by atoms with Crippen LogP contribution in [0.1, 0.15) is 11.6 Å². The molecule has 0 bridgehead atoms. The summed E-state index contributed by atoms with van der Waals surface area (Å²) < 4.78 is 0. The van der Waals surface area contributed by atoms with Gasteiger partial charge in [-0.2, -0.15) is 0 Å². The summed E-state index contributed by atoms with van der Waals surface area (Å²) in [6.07, 6.45) is 3.77. The van der Waals surface area contributed by atoms with Gasteiger partial charge in [-0.05, 0) is 23.1 Å². The molecule has 0 saturated carbocycles. The van der Waals surface area contributed by atoms with E-state index in [-0.39, 0.29) is 6.04 Å². The third kappa shape index (κ3) is 2.84. The summed E-state index contributed by atoms with van der Waals surface area (Å²) in [4.78, 5) is 5.55. The van der Waals surface area contributed by atoms with E-state index in [1.807, 2.05) is 42.7 Å². The van der Waals surface area contributed by atoms with Crippen LogP contribution in [-0.2, 0) is 0 Å². The van der Waals surface area contributed by atoms with Gasteiger partial charge in [-0.15, -0.1) is 11.8 Å². The Labute approximate surface area is 123 Å². The quantitative estimate of drug-likeness (QED) is 0.733. The van der Waals surface area contributed by atoms with Crippen LogP contribution in [0.15, 0.2) is 71.9 Å². The Balaban J connectivity index is 1.80. The molecule has 3 heteroatoms. The van der Waals surface area contributed by atoms with E-state index < -0.39 is 0 Å². The summed E-state index contributed by atoms with van der Waals surface area (Å²) in [6.45, 7) is 0. The standard InChI is InChI=1S/C17H16N2S/c18-17(12-20-14-7-2-1-3-8-14)16-11-19-10-13-6-4-5-9-15(13)16/h1-11,17H,12,18H2. The topological polar surface area (TPSA) is 38.9 Å². The van der Waals surface area contributed by atoms with Crippen molar-refractivity contribution in [2.24, 2.45) is 5.73 Å². The molecule has 100 valence electrons. The monoisotopic (exact) mass is 280 g/mol. The highest BCUT2D eigenvalue weighted by atomic mass is 32.2. The Morgan fingerprint density at radius 2 is 1.70 bits per heavy atom. The van der Waals surface area contributed by atoms with E-state index in [1.165, 1.54) is 10.3 Å². The number of nitrogens with zero attached hydrogens (tertiary/aromatic N) is 1. The molecule has 0 radical (unpaired) electrons. The number of pyridine rings is 1. The number of benzene rings is 2. The van der Waals surface area contributed by atoms with Crippen LogP contribution >= 0.6 is 11.8 Å². The molecule has 0 aliphatic heterocycles. The van der Waals surface area contributed by atoms with E-state index in [1.54, 1.807) is 11.8 Å². The highest BCUT2D eigenvalue weighted by molar-refractivity contribution is 7.99. The first-order chi connectivity index (χ1) is 9.84. The van der Waals surface area contributed by atoms with Crippen molar-refractivity contribution in [2.45, 2.75) is 10.9 Å². The molecule has 0 saturated heterocycles. The highest BCUT2D eigenvalue weighted by Crippen LogP contribution is 2.27. The Kier molecular flexibility index (Phi) is 4.00. The van der Waals surface area contributed by atoms with Crippen LogP contribution in [-0.4, -0.2) is 10.7 Å². The maximum atomic E-state index is 6.35. The maximum Gasteiger partial charge on any atom is 0.0411 e. The molecule has 0 fully saturated rings. The second-order valence-electron chi connectivity index (χ2n) is 4.68. The summed E-state index contributed by atoms with van der Waals surface area (Å²) in [5.41, 5.74) is 7.47. The first-order valence-corrected chi connectivity index (χ1v) is 7.59. The fourth-order valence-electron chi connectivity index (χ4n) is 2.23. The molecule has 0 spiro atoms. The van der Waals surface area contributed by atoms with Crippen LogP contribution < -0.4 is 5.73 Å². The van der Waals surface area contributed by atoms with Crippen LogP contribution in [0.4, 0.5) is 0 Å². The summed E-state index contributed by atoms with van der Waals surface area (Å²) in [6, 6.07) is 18.6. The van der Waals surface area contributed by atoms with Crippen molar-refractivity contribution in [3.05, 3.63) is 72.6 Å². The van der Waals surface area contributed by atoms with Crippen LogP contribution in [0, 0.1) is 0 Å². The van der Waals surface area contributed by atoms with Crippen LogP contribution in [0.5, 0.6) is 0 Å². The molecule has 2 nitrogen and oxygen atoms in total. The lowest BCUT2D eigenvalue weighted by atomic mass is 10.0. The number of fused-ring (bicyclic) bond motifs is 1. The molecular formula is C17H16N2S. The minimum absolute atomic E-state index is 0.0150. The van der Waals surface area contributed by atoms with Gasteiger partial charge in [0.15, 0.2) is 0 Å². The zero-order valence-electron chi connectivity index (χ0n) is 11.1. The molecule has 2 N–H and O–H groups in total. The van der Waals surface area contributed by atoms with Crippen molar-refractivity contribution in [1.82, 2.24) is 4.98 Å². The molecule has 20 heavy (non-hydrogen) atoms. The van der Waals surface area contributed by atoms with Gasteiger partial charge in [0.1, 0.15) is 0 Å². The van der Waals surface area contributed by atoms with E-state index in [2.05, 4.69) is 29.2 Å². The third-order valence-corrected chi connectivity index (χ3v) is 4.40. The number of hydrogen-bond acceptors (Lipinski definition) is 3. The van der Waals surface area contributed by atoms with Gasteiger partial charge in [0.25, 0.3) is 0 Å². The molecule has 1 heterocycles. The lowest BCUT2D eigenvalue weighted by Crippen LogP contribution is -2.13. The molecule has 1 unspecified atom stereocenters. The van der Waals surface area contributed by atoms with E-state index in [0.29, 0.717) is 0 Å². The van der Waals surface area contributed by atoms with Gasteiger partial charge < -0.3 is 5.73 Å². The SMILES string of the molecule is NC(CSc1ccccc1)c1cncc2ccccc12. The molecule has 0 aliphatic carbocycles. The predicted molar refractivity (Wildman–Crippen MR) is 85.8 cm³/mol. The normalized spacial score (nSPS) is 12.4. The first kappa shape index (κ1) is 13.2. The Bertz CT molecular complexity index is 692. The molecule has 0 amide bonds. The van der Waals surface area contributed by atoms with E-state index >= 15 is 0 Å². The minimum atomic E-state index is -0.0150. The van der Waals surface area contributed by atoms with Crippen molar-refractivity contribution >= 4 is 22.5 Å². The highest BCUT2D eigenvalue weighted by Gasteiger charge is 2.10. The smallest absolute Gasteiger partial charge is 0.0411 e. The first-order valence-electron chi connectivity index (χ1n) is 6.60. The number of hydrogen-bond donors (Lipinski definition) is 1. The van der Waals surface area contributed by atoms with Crippen LogP contribution in [0.3, 0.4) is 0 Å². The molecule has 0 aliphatic rings. The Hall–Kier alpha value is -1.84. The number of nitrogens with two attached hydrogens (primary N) is 1. The van der Waals surface area contributed by atoms with E-state index in [9.17, 15) is 0 Å². The number of thioether (sulfide) groups is 1. The van der Waals surface area contributed by atoms with Gasteiger partial charge in [-0.3, -0.25) is 4.98 Å². The van der Waals surface area contributed by atoms with E-state index in [4.69, 9.17) is 5.73 Å². The summed E-state index contributed by atoms with van der Waals surface area (Å²) in [5, 5.41) is 2.34. The van der Waals surface area contributed by atoms with Gasteiger partial charge in [-0.25, -0.2) is 0 Å². The van der Waals surface area contributed by atoms with Gasteiger partial charge in [-0.1, -0.05) is 42.5 Å². The summed E-state index contributed by atoms with van der Waals surface area (Å²) in [5.74, 6) is 0.847. The fraction of sp³-hybridized carbons (Fsp3) is 0.118. The molecule has 3 aromatic rings. The molecule has 2 aromatic carbocycles. The fourth-order valence-corrected chi connectivity index (χ4v) is 3.13. The Morgan fingerprint density at radius 1 is 0.950 bits per heavy atom. The van der Waals surface area contributed by atoms with Gasteiger partial charge in [0.2, 0.25) is 0 Å². The Morgan fingerprint density at radius 3 is 2.55 bits per heavy atom. The second-order valence-corrected chi connectivity index (χ2v) is 5.77. The van der Waals surface area contributed by atoms with Crippen molar-refractivity contribution in [1.29, 1.82) is 0 Å². The predicted octanol–water partition coefficient (Wildman–Crippen LogP) is 4.03. The van der Waals surface area contributed by atoms with Gasteiger partial charge >= 0.3 is 0 Å². The zero-order chi connectivity index (χ0) is 13.8. The van der Waals surface area contributed by atoms with Crippen molar-refractivity contribution in [3.8, 4) is 0 Å². The largest absolute Gasteiger partial charge is 0.323 e. The summed E-state index contributed by atoms with van der Waals surface area (Å²) in [7, 11) is 0. The number of aromatic nitrogens is 1. The number of rotatable bonds is 4. The van der Waals surface area contributed by atoms with Crippen LogP contribution in [0.2, 0.25) is 0 Å². The summed E-state index contributed by atoms with van der Waals surface area (Å²) >= 11 is 1.78. The maximum absolute atomic E-state index is 6.35. The molecule has 3 rings (SSSR count). The van der Waals surface area contributed by atoms with Crippen LogP contribution in [0.25, 0.3) is 10.8 Å². The molecular weight excluding hydrogens is 264 g/mol. The molecule has 1 aromatic heterocycles. The second kappa shape index (κ2) is 6.07. The lowest BCUT2D eigenvalue weighted by Gasteiger charge is -2.14. The van der Waals surface area contributed by atoms with Crippen molar-refractivity contribution in [2.75, 3.05) is 5.75 Å². The minimum Gasteiger partial charge on any atom is -0.323 e. The van der Waals surface area contributed by atoms with Gasteiger partial charge in [0, 0.05) is 34.5 Å². The van der Waals surface area contributed by atoms with E-state index in [0.717, 1.165) is 16.7 Å². The third-order valence-electron chi connectivity index (χ3n) is 3.27. The lowest BCUT2D eigenvalue weighted by molar-refractivity contribution is 0.834. The average molecular weight is 280 g/mol. The van der Waals surface area contributed by atoms with Crippen molar-refractivity contribution < 1.29 is 0 Å². The zero-order valence-corrected chi connectivity index (χ0v) is 11.9. The average Bonchev–Trinajstić information content (AvgIpc) is 2.53. The molecule has 1 atom stereocenters.